The molecule has 0 aromatic heterocycles. The summed E-state index contributed by atoms with van der Waals surface area (Å²) in [6.07, 6.45) is 80.3. The van der Waals surface area contributed by atoms with Gasteiger partial charge in [-0.15, -0.1) is 0 Å². The molecular weight excluding hydrogens is 901 g/mol. The third-order valence-corrected chi connectivity index (χ3v) is 13.3. The molecule has 0 rings (SSSR count). The number of unbranched alkanes of at least 4 members (excludes halogenated alkanes) is 31. The van der Waals surface area contributed by atoms with E-state index < -0.39 is 6.10 Å². The highest BCUT2D eigenvalue weighted by Crippen LogP contribution is 2.16. The van der Waals surface area contributed by atoms with Crippen molar-refractivity contribution < 1.29 is 28.6 Å². The Balaban J connectivity index is 4.19. The van der Waals surface area contributed by atoms with Crippen LogP contribution in [0.5, 0.6) is 0 Å². The smallest absolute Gasteiger partial charge is 0.306 e. The molecule has 0 N–H and O–H groups in total. The monoisotopic (exact) mass is 1020 g/mol. The van der Waals surface area contributed by atoms with E-state index >= 15 is 0 Å². The molecule has 0 aromatic rings. The Bertz CT molecular complexity index is 1400. The number of hydrogen-bond acceptors (Lipinski definition) is 6. The molecule has 0 bridgehead atoms. The highest BCUT2D eigenvalue weighted by atomic mass is 16.6. The third kappa shape index (κ3) is 59.3. The molecule has 0 aliphatic rings. The molecule has 0 spiro atoms. The van der Waals surface area contributed by atoms with Crippen LogP contribution in [-0.2, 0) is 28.6 Å². The first-order valence-corrected chi connectivity index (χ1v) is 31.1. The SMILES string of the molecule is CC/C=C\C/C=C\C/C=C\C/C=C\C/C=C\CCCCCCCCCCCCCCCC(=O)OCC(COC(=O)CCCCCCC/C=C\CCC)OC(=O)CCCCCCC/C=C\CCCCCCCCC. The summed E-state index contributed by atoms with van der Waals surface area (Å²) in [5.74, 6) is -0.893. The lowest BCUT2D eigenvalue weighted by atomic mass is 10.0. The number of ether oxygens (including phenoxy) is 3. The summed E-state index contributed by atoms with van der Waals surface area (Å²) in [6, 6.07) is 0. The molecule has 420 valence electrons. The number of carbonyl (C=O) groups is 3. The average molecular weight is 1020 g/mol. The minimum Gasteiger partial charge on any atom is -0.462 e. The Morgan fingerprint density at radius 3 is 0.904 bits per heavy atom. The van der Waals surface area contributed by atoms with Crippen molar-refractivity contribution in [2.24, 2.45) is 0 Å². The van der Waals surface area contributed by atoms with Crippen LogP contribution in [0.1, 0.15) is 303 Å². The predicted molar refractivity (Wildman–Crippen MR) is 316 cm³/mol. The molecule has 1 unspecified atom stereocenters. The molecule has 0 fully saturated rings. The third-order valence-electron chi connectivity index (χ3n) is 13.3. The van der Waals surface area contributed by atoms with Gasteiger partial charge in [-0.3, -0.25) is 14.4 Å². The van der Waals surface area contributed by atoms with E-state index in [1.165, 1.54) is 148 Å². The Morgan fingerprint density at radius 1 is 0.288 bits per heavy atom. The van der Waals surface area contributed by atoms with Crippen molar-refractivity contribution in [2.45, 2.75) is 309 Å². The predicted octanol–water partition coefficient (Wildman–Crippen LogP) is 21.1. The lowest BCUT2D eigenvalue weighted by Crippen LogP contribution is -2.30. The quantitative estimate of drug-likeness (QED) is 0.0261. The second kappa shape index (κ2) is 61.1. The molecule has 0 saturated heterocycles. The summed E-state index contributed by atoms with van der Waals surface area (Å²) < 4.78 is 16.9. The zero-order valence-corrected chi connectivity index (χ0v) is 48.1. The minimum absolute atomic E-state index is 0.0812. The van der Waals surface area contributed by atoms with Crippen molar-refractivity contribution in [1.29, 1.82) is 0 Å². The fourth-order valence-electron chi connectivity index (χ4n) is 8.70. The summed E-state index contributed by atoms with van der Waals surface area (Å²) in [7, 11) is 0. The second-order valence-corrected chi connectivity index (χ2v) is 20.6. The molecule has 0 amide bonds. The van der Waals surface area contributed by atoms with Crippen LogP contribution in [0, 0.1) is 0 Å². The molecule has 0 aliphatic heterocycles. The molecule has 0 radical (unpaired) electrons. The molecule has 0 saturated carbocycles. The Kier molecular flexibility index (Phi) is 58.3. The maximum atomic E-state index is 12.8. The fourth-order valence-corrected chi connectivity index (χ4v) is 8.70. The average Bonchev–Trinajstić information content (AvgIpc) is 3.39. The normalized spacial score (nSPS) is 12.6. The van der Waals surface area contributed by atoms with Crippen molar-refractivity contribution in [3.8, 4) is 0 Å². The minimum atomic E-state index is -0.783. The molecule has 0 aromatic carbocycles. The van der Waals surface area contributed by atoms with Crippen molar-refractivity contribution >= 4 is 17.9 Å². The number of hydrogen-bond donors (Lipinski definition) is 0. The van der Waals surface area contributed by atoms with Gasteiger partial charge < -0.3 is 14.2 Å². The number of esters is 3. The van der Waals surface area contributed by atoms with E-state index in [0.29, 0.717) is 19.3 Å². The first-order chi connectivity index (χ1) is 36.0. The van der Waals surface area contributed by atoms with Gasteiger partial charge >= 0.3 is 17.9 Å². The van der Waals surface area contributed by atoms with Crippen LogP contribution < -0.4 is 0 Å². The topological polar surface area (TPSA) is 78.9 Å². The first kappa shape index (κ1) is 69.6. The highest BCUT2D eigenvalue weighted by molar-refractivity contribution is 5.71. The van der Waals surface area contributed by atoms with Crippen molar-refractivity contribution in [3.05, 3.63) is 85.1 Å². The Labute approximate surface area is 452 Å². The highest BCUT2D eigenvalue weighted by Gasteiger charge is 2.19. The second-order valence-electron chi connectivity index (χ2n) is 20.6. The number of rotatable bonds is 56. The van der Waals surface area contributed by atoms with Crippen LogP contribution in [-0.4, -0.2) is 37.2 Å². The number of carbonyl (C=O) groups excluding carboxylic acids is 3. The van der Waals surface area contributed by atoms with Crippen LogP contribution in [0.15, 0.2) is 85.1 Å². The van der Waals surface area contributed by atoms with Crippen molar-refractivity contribution in [3.63, 3.8) is 0 Å². The molecule has 6 heteroatoms. The van der Waals surface area contributed by atoms with Gasteiger partial charge in [0.2, 0.25) is 0 Å². The van der Waals surface area contributed by atoms with E-state index in [2.05, 4.69) is 106 Å². The molecular formula is C67H116O6. The van der Waals surface area contributed by atoms with Gasteiger partial charge in [0.1, 0.15) is 13.2 Å². The Morgan fingerprint density at radius 2 is 0.562 bits per heavy atom. The van der Waals surface area contributed by atoms with Crippen LogP contribution in [0.4, 0.5) is 0 Å². The zero-order valence-electron chi connectivity index (χ0n) is 48.1. The van der Waals surface area contributed by atoms with Crippen LogP contribution >= 0.6 is 0 Å². The van der Waals surface area contributed by atoms with Crippen molar-refractivity contribution in [1.82, 2.24) is 0 Å². The molecule has 0 heterocycles. The van der Waals surface area contributed by atoms with Crippen LogP contribution in [0.2, 0.25) is 0 Å². The van der Waals surface area contributed by atoms with Gasteiger partial charge in [-0.2, -0.15) is 0 Å². The molecule has 0 aliphatic carbocycles. The summed E-state index contributed by atoms with van der Waals surface area (Å²) >= 11 is 0. The zero-order chi connectivity index (χ0) is 52.9. The summed E-state index contributed by atoms with van der Waals surface area (Å²) in [6.45, 7) is 6.47. The van der Waals surface area contributed by atoms with Gasteiger partial charge in [-0.1, -0.05) is 260 Å². The molecule has 6 nitrogen and oxygen atoms in total. The summed E-state index contributed by atoms with van der Waals surface area (Å²) in [4.78, 5) is 38.1. The van der Waals surface area contributed by atoms with Gasteiger partial charge in [-0.05, 0) is 109 Å². The Hall–Kier alpha value is -3.41. The first-order valence-electron chi connectivity index (χ1n) is 31.1. The summed E-state index contributed by atoms with van der Waals surface area (Å²) in [5, 5.41) is 0. The van der Waals surface area contributed by atoms with Crippen LogP contribution in [0.25, 0.3) is 0 Å². The van der Waals surface area contributed by atoms with Crippen molar-refractivity contribution in [2.75, 3.05) is 13.2 Å². The van der Waals surface area contributed by atoms with Gasteiger partial charge in [0, 0.05) is 19.3 Å². The van der Waals surface area contributed by atoms with Gasteiger partial charge in [-0.25, -0.2) is 0 Å². The van der Waals surface area contributed by atoms with E-state index in [9.17, 15) is 14.4 Å². The largest absolute Gasteiger partial charge is 0.462 e. The van der Waals surface area contributed by atoms with E-state index in [0.717, 1.165) is 116 Å². The van der Waals surface area contributed by atoms with Gasteiger partial charge in [0.25, 0.3) is 0 Å². The summed E-state index contributed by atoms with van der Waals surface area (Å²) in [5.41, 5.74) is 0. The van der Waals surface area contributed by atoms with Gasteiger partial charge in [0.15, 0.2) is 6.10 Å². The lowest BCUT2D eigenvalue weighted by molar-refractivity contribution is -0.167. The van der Waals surface area contributed by atoms with Crippen LogP contribution in [0.3, 0.4) is 0 Å². The van der Waals surface area contributed by atoms with Gasteiger partial charge in [0.05, 0.1) is 0 Å². The van der Waals surface area contributed by atoms with E-state index in [4.69, 9.17) is 14.2 Å². The standard InChI is InChI=1S/C67H116O6/c1-4-7-10-13-16-19-22-24-26-28-29-30-31-32-33-34-35-36-37-38-39-40-42-43-45-48-51-54-57-60-66(69)72-63-64(62-71-65(68)59-56-53-50-47-21-18-15-12-9-6-3)73-67(70)61-58-55-52-49-46-44-41-27-25-23-20-17-14-11-8-5-2/h7,10,12,15-16,19,24,26-27,29-30,32-33,41,64H,4-6,8-9,11,13-14,17-18,20-23,25,28,31,34-40,42-63H2,1-3H3/b10-7-,15-12-,19-16-,26-24-,30-29-,33-32-,41-27-. The molecule has 73 heavy (non-hydrogen) atoms. The molecule has 1 atom stereocenters. The van der Waals surface area contributed by atoms with E-state index in [1.54, 1.807) is 0 Å². The maximum Gasteiger partial charge on any atom is 0.306 e. The fraction of sp³-hybridized carbons (Fsp3) is 0.746. The lowest BCUT2D eigenvalue weighted by Gasteiger charge is -2.18. The van der Waals surface area contributed by atoms with E-state index in [1.807, 2.05) is 0 Å². The van der Waals surface area contributed by atoms with E-state index in [-0.39, 0.29) is 31.1 Å². The maximum absolute atomic E-state index is 12.8. The number of allylic oxidation sites excluding steroid dienone is 14.